The number of rotatable bonds is 6. The molecule has 3 N–H and O–H groups in total. The summed E-state index contributed by atoms with van der Waals surface area (Å²) in [5.74, 6) is 0.0157. The lowest BCUT2D eigenvalue weighted by molar-refractivity contribution is 0.0951. The molecule has 0 saturated carbocycles. The Morgan fingerprint density at radius 3 is 2.50 bits per heavy atom. The van der Waals surface area contributed by atoms with Crippen LogP contribution >= 0.6 is 0 Å². The van der Waals surface area contributed by atoms with Gasteiger partial charge in [0.2, 0.25) is 0 Å². The van der Waals surface area contributed by atoms with Crippen molar-refractivity contribution in [3.05, 3.63) is 84.4 Å². The van der Waals surface area contributed by atoms with Crippen LogP contribution in [-0.2, 0) is 0 Å². The molecule has 5 heteroatoms. The Morgan fingerprint density at radius 2 is 1.88 bits per heavy atom. The van der Waals surface area contributed by atoms with E-state index in [2.05, 4.69) is 10.3 Å². The molecule has 1 amide bonds. The first-order valence-electron chi connectivity index (χ1n) is 7.89. The number of nitrogens with zero attached hydrogens (tertiary/aromatic N) is 2. The third-order valence-electron chi connectivity index (χ3n) is 4.00. The lowest BCUT2D eigenvalue weighted by Gasteiger charge is -2.16. The minimum absolute atomic E-state index is 0.0958. The molecule has 0 fully saturated rings. The van der Waals surface area contributed by atoms with Crippen molar-refractivity contribution >= 4 is 5.91 Å². The van der Waals surface area contributed by atoms with E-state index in [9.17, 15) is 4.79 Å². The summed E-state index contributed by atoms with van der Waals surface area (Å²) in [6, 6.07) is 17.4. The fourth-order valence-electron chi connectivity index (χ4n) is 2.58. The molecule has 0 aliphatic heterocycles. The third kappa shape index (κ3) is 3.70. The first kappa shape index (κ1) is 16.0. The van der Waals surface area contributed by atoms with Crippen molar-refractivity contribution in [3.63, 3.8) is 0 Å². The summed E-state index contributed by atoms with van der Waals surface area (Å²) in [5, 5.41) is 2.96. The van der Waals surface area contributed by atoms with E-state index >= 15 is 0 Å². The van der Waals surface area contributed by atoms with Gasteiger partial charge in [0.15, 0.2) is 0 Å². The average Bonchev–Trinajstić information content (AvgIpc) is 3.18. The zero-order valence-corrected chi connectivity index (χ0v) is 13.3. The second kappa shape index (κ2) is 7.57. The van der Waals surface area contributed by atoms with E-state index in [1.807, 2.05) is 65.4 Å². The number of carbonyl (C=O) groups excluding carboxylic acids is 1. The van der Waals surface area contributed by atoms with Gasteiger partial charge in [-0.15, -0.1) is 0 Å². The van der Waals surface area contributed by atoms with E-state index in [-0.39, 0.29) is 11.8 Å². The zero-order valence-electron chi connectivity index (χ0n) is 13.3. The first-order valence-corrected chi connectivity index (χ1v) is 7.89. The Kier molecular flexibility index (Phi) is 5.03. The second-order valence-electron chi connectivity index (χ2n) is 5.57. The van der Waals surface area contributed by atoms with Crippen LogP contribution in [0.15, 0.2) is 73.3 Å². The standard InChI is InChI=1S/C19H20N4O/c20-12-17(15-4-2-1-3-5-15)13-22-19(24)16-6-8-18(9-7-16)23-11-10-21-14-23/h1-11,14,17H,12-13,20H2,(H,22,24). The topological polar surface area (TPSA) is 72.9 Å². The van der Waals surface area contributed by atoms with E-state index in [1.54, 1.807) is 12.5 Å². The molecule has 3 aromatic rings. The number of imidazole rings is 1. The van der Waals surface area contributed by atoms with Gasteiger partial charge >= 0.3 is 0 Å². The van der Waals surface area contributed by atoms with Crippen LogP contribution in [0.4, 0.5) is 0 Å². The Labute approximate surface area is 141 Å². The summed E-state index contributed by atoms with van der Waals surface area (Å²) in [4.78, 5) is 16.3. The Bertz CT molecular complexity index is 767. The van der Waals surface area contributed by atoms with Crippen LogP contribution in [-0.4, -0.2) is 28.5 Å². The number of benzene rings is 2. The highest BCUT2D eigenvalue weighted by molar-refractivity contribution is 5.94. The SMILES string of the molecule is NCC(CNC(=O)c1ccc(-n2ccnc2)cc1)c1ccccc1. The van der Waals surface area contributed by atoms with Crippen molar-refractivity contribution in [3.8, 4) is 5.69 Å². The number of aromatic nitrogens is 2. The molecular weight excluding hydrogens is 300 g/mol. The lowest BCUT2D eigenvalue weighted by atomic mass is 9.99. The first-order chi connectivity index (χ1) is 11.8. The van der Waals surface area contributed by atoms with E-state index < -0.39 is 0 Å². The van der Waals surface area contributed by atoms with Crippen molar-refractivity contribution in [1.29, 1.82) is 0 Å². The van der Waals surface area contributed by atoms with Crippen LogP contribution in [0.3, 0.4) is 0 Å². The molecule has 0 spiro atoms. The molecule has 1 heterocycles. The van der Waals surface area contributed by atoms with Crippen LogP contribution in [0.5, 0.6) is 0 Å². The van der Waals surface area contributed by atoms with Crippen molar-refractivity contribution in [2.45, 2.75) is 5.92 Å². The zero-order chi connectivity index (χ0) is 16.8. The average molecular weight is 320 g/mol. The van der Waals surface area contributed by atoms with Gasteiger partial charge < -0.3 is 15.6 Å². The van der Waals surface area contributed by atoms with Gasteiger partial charge in [-0.3, -0.25) is 4.79 Å². The number of nitrogens with two attached hydrogens (primary N) is 1. The number of amides is 1. The Balaban J connectivity index is 1.62. The highest BCUT2D eigenvalue weighted by Crippen LogP contribution is 2.14. The van der Waals surface area contributed by atoms with Crippen LogP contribution in [0.25, 0.3) is 5.69 Å². The maximum Gasteiger partial charge on any atom is 0.251 e. The summed E-state index contributed by atoms with van der Waals surface area (Å²) in [7, 11) is 0. The number of hydrogen-bond acceptors (Lipinski definition) is 3. The lowest BCUT2D eigenvalue weighted by Crippen LogP contribution is -2.31. The molecule has 0 bridgehead atoms. The van der Waals surface area contributed by atoms with Crippen LogP contribution < -0.4 is 11.1 Å². The fraction of sp³-hybridized carbons (Fsp3) is 0.158. The monoisotopic (exact) mass is 320 g/mol. The van der Waals surface area contributed by atoms with Crippen LogP contribution in [0, 0.1) is 0 Å². The normalized spacial score (nSPS) is 11.9. The fourth-order valence-corrected chi connectivity index (χ4v) is 2.58. The van der Waals surface area contributed by atoms with E-state index in [4.69, 9.17) is 5.73 Å². The molecule has 1 aromatic heterocycles. The minimum Gasteiger partial charge on any atom is -0.351 e. The predicted molar refractivity (Wildman–Crippen MR) is 94.1 cm³/mol. The van der Waals surface area contributed by atoms with E-state index in [0.717, 1.165) is 11.3 Å². The van der Waals surface area contributed by atoms with Gasteiger partial charge in [-0.05, 0) is 29.8 Å². The van der Waals surface area contributed by atoms with Gasteiger partial charge in [0, 0.05) is 42.7 Å². The molecule has 1 unspecified atom stereocenters. The maximum atomic E-state index is 12.3. The minimum atomic E-state index is -0.0958. The molecule has 24 heavy (non-hydrogen) atoms. The molecule has 122 valence electrons. The second-order valence-corrected chi connectivity index (χ2v) is 5.57. The van der Waals surface area contributed by atoms with Crippen molar-refractivity contribution in [2.24, 2.45) is 5.73 Å². The smallest absolute Gasteiger partial charge is 0.251 e. The highest BCUT2D eigenvalue weighted by Gasteiger charge is 2.12. The largest absolute Gasteiger partial charge is 0.351 e. The number of carbonyl (C=O) groups is 1. The highest BCUT2D eigenvalue weighted by atomic mass is 16.1. The summed E-state index contributed by atoms with van der Waals surface area (Å²) >= 11 is 0. The summed E-state index contributed by atoms with van der Waals surface area (Å²) in [6.07, 6.45) is 5.30. The molecule has 5 nitrogen and oxygen atoms in total. The predicted octanol–water partition coefficient (Wildman–Crippen LogP) is 2.34. The maximum absolute atomic E-state index is 12.3. The number of nitrogens with one attached hydrogen (secondary N) is 1. The molecule has 0 saturated heterocycles. The number of hydrogen-bond donors (Lipinski definition) is 2. The Morgan fingerprint density at radius 1 is 1.12 bits per heavy atom. The quantitative estimate of drug-likeness (QED) is 0.732. The van der Waals surface area contributed by atoms with Crippen molar-refractivity contribution in [1.82, 2.24) is 14.9 Å². The van der Waals surface area contributed by atoms with Gasteiger partial charge in [-0.25, -0.2) is 4.98 Å². The van der Waals surface area contributed by atoms with Crippen LogP contribution in [0.1, 0.15) is 21.8 Å². The van der Waals surface area contributed by atoms with Gasteiger partial charge in [-0.2, -0.15) is 0 Å². The van der Waals surface area contributed by atoms with Gasteiger partial charge in [-0.1, -0.05) is 30.3 Å². The molecular formula is C19H20N4O. The van der Waals surface area contributed by atoms with Gasteiger partial charge in [0.1, 0.15) is 0 Å². The Hall–Kier alpha value is -2.92. The summed E-state index contributed by atoms with van der Waals surface area (Å²) in [5.41, 5.74) is 8.57. The van der Waals surface area contributed by atoms with E-state index in [1.165, 1.54) is 0 Å². The van der Waals surface area contributed by atoms with Crippen molar-refractivity contribution in [2.75, 3.05) is 13.1 Å². The summed E-state index contributed by atoms with van der Waals surface area (Å²) in [6.45, 7) is 1.01. The van der Waals surface area contributed by atoms with Crippen molar-refractivity contribution < 1.29 is 4.79 Å². The van der Waals surface area contributed by atoms with Gasteiger partial charge in [0.05, 0.1) is 6.33 Å². The molecule has 0 aliphatic carbocycles. The third-order valence-corrected chi connectivity index (χ3v) is 4.00. The molecule has 0 radical (unpaired) electrons. The van der Waals surface area contributed by atoms with E-state index in [0.29, 0.717) is 18.7 Å². The molecule has 1 atom stereocenters. The molecule has 0 aliphatic rings. The molecule has 2 aromatic carbocycles. The van der Waals surface area contributed by atoms with Crippen LogP contribution in [0.2, 0.25) is 0 Å². The summed E-state index contributed by atoms with van der Waals surface area (Å²) < 4.78 is 1.89. The van der Waals surface area contributed by atoms with Gasteiger partial charge in [0.25, 0.3) is 5.91 Å². The molecule has 3 rings (SSSR count).